The van der Waals surface area contributed by atoms with Gasteiger partial charge in [0.05, 0.1) is 0 Å². The van der Waals surface area contributed by atoms with Gasteiger partial charge >= 0.3 is 0 Å². The summed E-state index contributed by atoms with van der Waals surface area (Å²) in [4.78, 5) is 0. The molecule has 1 aliphatic heterocycles. The van der Waals surface area contributed by atoms with Crippen LogP contribution in [0.1, 0.15) is 24.4 Å². The minimum absolute atomic E-state index is 0. The van der Waals surface area contributed by atoms with Gasteiger partial charge in [0, 0.05) is 11.6 Å². The van der Waals surface area contributed by atoms with Crippen molar-refractivity contribution in [3.63, 3.8) is 0 Å². The van der Waals surface area contributed by atoms with Crippen molar-refractivity contribution in [1.29, 1.82) is 0 Å². The molecule has 1 atom stereocenters. The number of halogens is 2. The van der Waals surface area contributed by atoms with Gasteiger partial charge in [-0.2, -0.15) is 0 Å². The normalized spacial score (nSPS) is 20.5. The van der Waals surface area contributed by atoms with Crippen molar-refractivity contribution in [2.75, 3.05) is 6.54 Å². The second-order valence-corrected chi connectivity index (χ2v) is 3.35. The van der Waals surface area contributed by atoms with E-state index >= 15 is 0 Å². The summed E-state index contributed by atoms with van der Waals surface area (Å²) >= 11 is 0. The molecule has 1 aromatic carbocycles. The van der Waals surface area contributed by atoms with E-state index in [-0.39, 0.29) is 30.0 Å². The van der Waals surface area contributed by atoms with E-state index in [1.807, 2.05) is 0 Å². The van der Waals surface area contributed by atoms with Gasteiger partial charge in [-0.25, -0.2) is 4.39 Å². The fourth-order valence-electron chi connectivity index (χ4n) is 1.75. The molecule has 1 aromatic rings. The third kappa shape index (κ3) is 2.16. The molecular weight excluding hydrogens is 205 g/mol. The summed E-state index contributed by atoms with van der Waals surface area (Å²) in [5.74, 6) is -0.109. The van der Waals surface area contributed by atoms with Crippen molar-refractivity contribution in [3.8, 4) is 5.75 Å². The average Bonchev–Trinajstić information content (AvgIpc) is 2.61. The van der Waals surface area contributed by atoms with Gasteiger partial charge < -0.3 is 10.4 Å². The molecule has 14 heavy (non-hydrogen) atoms. The van der Waals surface area contributed by atoms with E-state index in [9.17, 15) is 9.50 Å². The second-order valence-electron chi connectivity index (χ2n) is 3.35. The zero-order valence-corrected chi connectivity index (χ0v) is 8.48. The van der Waals surface area contributed by atoms with Crippen LogP contribution in [0.3, 0.4) is 0 Å². The molecule has 0 aliphatic carbocycles. The predicted octanol–water partition coefficient (Wildman–Crippen LogP) is 2.38. The summed E-state index contributed by atoms with van der Waals surface area (Å²) in [6.45, 7) is 0.945. The lowest BCUT2D eigenvalue weighted by molar-refractivity contribution is 0.453. The van der Waals surface area contributed by atoms with E-state index in [0.29, 0.717) is 5.56 Å². The molecule has 0 saturated carbocycles. The van der Waals surface area contributed by atoms with Gasteiger partial charge in [-0.15, -0.1) is 12.4 Å². The van der Waals surface area contributed by atoms with Crippen molar-refractivity contribution in [2.45, 2.75) is 18.9 Å². The van der Waals surface area contributed by atoms with Crippen LogP contribution in [0, 0.1) is 5.82 Å². The van der Waals surface area contributed by atoms with Crippen LogP contribution in [-0.2, 0) is 0 Å². The summed E-state index contributed by atoms with van der Waals surface area (Å²) in [5.41, 5.74) is 0.678. The van der Waals surface area contributed by atoms with Crippen LogP contribution in [0.15, 0.2) is 18.2 Å². The third-order valence-electron chi connectivity index (χ3n) is 2.43. The summed E-state index contributed by atoms with van der Waals surface area (Å²) in [6.07, 6.45) is 2.05. The van der Waals surface area contributed by atoms with Crippen molar-refractivity contribution < 1.29 is 9.50 Å². The number of benzene rings is 1. The second kappa shape index (κ2) is 4.62. The van der Waals surface area contributed by atoms with Crippen LogP contribution in [0.5, 0.6) is 5.75 Å². The van der Waals surface area contributed by atoms with Gasteiger partial charge in [0.25, 0.3) is 0 Å². The topological polar surface area (TPSA) is 32.3 Å². The molecule has 0 unspecified atom stereocenters. The van der Waals surface area contributed by atoms with E-state index in [1.165, 1.54) is 18.2 Å². The zero-order chi connectivity index (χ0) is 9.26. The number of phenolic OH excluding ortho intramolecular Hbond substituents is 1. The number of rotatable bonds is 1. The van der Waals surface area contributed by atoms with E-state index < -0.39 is 0 Å². The van der Waals surface area contributed by atoms with E-state index in [0.717, 1.165) is 19.4 Å². The fourth-order valence-corrected chi connectivity index (χ4v) is 1.75. The zero-order valence-electron chi connectivity index (χ0n) is 7.66. The molecule has 0 aromatic heterocycles. The largest absolute Gasteiger partial charge is 0.508 e. The molecule has 1 fully saturated rings. The van der Waals surface area contributed by atoms with Gasteiger partial charge in [-0.1, -0.05) is 0 Å². The van der Waals surface area contributed by atoms with Crippen LogP contribution < -0.4 is 5.32 Å². The van der Waals surface area contributed by atoms with Crippen LogP contribution in [0.2, 0.25) is 0 Å². The molecule has 1 aliphatic rings. The lowest BCUT2D eigenvalue weighted by Crippen LogP contribution is -2.13. The van der Waals surface area contributed by atoms with Gasteiger partial charge in [0.15, 0.2) is 0 Å². The number of phenols is 1. The highest BCUT2D eigenvalue weighted by Gasteiger charge is 2.19. The minimum atomic E-state index is -0.290. The molecule has 78 valence electrons. The molecular formula is C10H13ClFNO. The van der Waals surface area contributed by atoms with Crippen LogP contribution in [-0.4, -0.2) is 11.7 Å². The first-order chi connectivity index (χ1) is 6.27. The highest BCUT2D eigenvalue weighted by Crippen LogP contribution is 2.30. The van der Waals surface area contributed by atoms with E-state index in [4.69, 9.17) is 0 Å². The fraction of sp³-hybridized carbons (Fsp3) is 0.400. The van der Waals surface area contributed by atoms with Gasteiger partial charge in [-0.05, 0) is 37.6 Å². The predicted molar refractivity (Wildman–Crippen MR) is 55.3 cm³/mol. The summed E-state index contributed by atoms with van der Waals surface area (Å²) < 4.78 is 12.9. The molecule has 2 N–H and O–H groups in total. The molecule has 0 spiro atoms. The Labute approximate surface area is 88.5 Å². The lowest BCUT2D eigenvalue weighted by atomic mass is 10.0. The lowest BCUT2D eigenvalue weighted by Gasteiger charge is -2.11. The Bertz CT molecular complexity index is 313. The maximum Gasteiger partial charge on any atom is 0.123 e. The number of hydrogen-bond donors (Lipinski definition) is 2. The summed E-state index contributed by atoms with van der Waals surface area (Å²) in [7, 11) is 0. The first-order valence-corrected chi connectivity index (χ1v) is 4.49. The standard InChI is InChI=1S/C10H12FNO.ClH/c11-7-3-4-10(13)8(6-7)9-2-1-5-12-9;/h3-4,6,9,12-13H,1-2,5H2;1H/t9-;/m1./s1. The first kappa shape index (κ1) is 11.3. The maximum absolute atomic E-state index is 12.9. The van der Waals surface area contributed by atoms with Crippen LogP contribution >= 0.6 is 12.4 Å². The quantitative estimate of drug-likeness (QED) is 0.757. The van der Waals surface area contributed by atoms with Crippen LogP contribution in [0.25, 0.3) is 0 Å². The molecule has 4 heteroatoms. The van der Waals surface area contributed by atoms with Crippen molar-refractivity contribution in [3.05, 3.63) is 29.6 Å². The highest BCUT2D eigenvalue weighted by molar-refractivity contribution is 5.85. The molecule has 2 nitrogen and oxygen atoms in total. The number of hydrogen-bond acceptors (Lipinski definition) is 2. The third-order valence-corrected chi connectivity index (χ3v) is 2.43. The molecule has 1 heterocycles. The Hall–Kier alpha value is -0.800. The van der Waals surface area contributed by atoms with Crippen LogP contribution in [0.4, 0.5) is 4.39 Å². The van der Waals surface area contributed by atoms with Gasteiger partial charge in [-0.3, -0.25) is 0 Å². The van der Waals surface area contributed by atoms with E-state index in [2.05, 4.69) is 5.32 Å². The Balaban J connectivity index is 0.000000980. The summed E-state index contributed by atoms with van der Waals surface area (Å²) in [6, 6.07) is 4.20. The molecule has 2 rings (SSSR count). The van der Waals surface area contributed by atoms with Gasteiger partial charge in [0.2, 0.25) is 0 Å². The van der Waals surface area contributed by atoms with Crippen molar-refractivity contribution in [2.24, 2.45) is 0 Å². The molecule has 0 radical (unpaired) electrons. The summed E-state index contributed by atoms with van der Waals surface area (Å²) in [5, 5.41) is 12.7. The smallest absolute Gasteiger partial charge is 0.123 e. The molecule has 1 saturated heterocycles. The Kier molecular flexibility index (Phi) is 3.72. The Morgan fingerprint density at radius 1 is 1.43 bits per heavy atom. The number of nitrogens with one attached hydrogen (secondary N) is 1. The SMILES string of the molecule is Cl.Oc1ccc(F)cc1[C@H]1CCCN1. The highest BCUT2D eigenvalue weighted by atomic mass is 35.5. The molecule has 0 bridgehead atoms. The average molecular weight is 218 g/mol. The van der Waals surface area contributed by atoms with Gasteiger partial charge in [0.1, 0.15) is 11.6 Å². The minimum Gasteiger partial charge on any atom is -0.508 e. The maximum atomic E-state index is 12.9. The Morgan fingerprint density at radius 3 is 2.86 bits per heavy atom. The van der Waals surface area contributed by atoms with Crippen molar-refractivity contribution >= 4 is 12.4 Å². The van der Waals surface area contributed by atoms with Crippen molar-refractivity contribution in [1.82, 2.24) is 5.32 Å². The molecule has 0 amide bonds. The monoisotopic (exact) mass is 217 g/mol. The number of aromatic hydroxyl groups is 1. The first-order valence-electron chi connectivity index (χ1n) is 4.49. The van der Waals surface area contributed by atoms with E-state index in [1.54, 1.807) is 0 Å². The Morgan fingerprint density at radius 2 is 2.21 bits per heavy atom.